The number of benzene rings is 1. The minimum Gasteiger partial charge on any atom is -0.379 e. The van der Waals surface area contributed by atoms with Gasteiger partial charge in [0.15, 0.2) is 0 Å². The van der Waals surface area contributed by atoms with Crippen LogP contribution in [-0.4, -0.2) is 39.9 Å². The third-order valence-corrected chi connectivity index (χ3v) is 3.07. The second-order valence-electron chi connectivity index (χ2n) is 5.81. The number of ether oxygens (including phenoxy) is 1. The first-order valence-corrected chi connectivity index (χ1v) is 7.50. The molecule has 0 bridgehead atoms. The number of carbonyl (C=O) groups excluding carboxylic acids is 1. The molecule has 0 radical (unpaired) electrons. The quantitative estimate of drug-likeness (QED) is 0.849. The van der Waals surface area contributed by atoms with Gasteiger partial charge in [-0.25, -0.2) is 14.1 Å². The van der Waals surface area contributed by atoms with Crippen molar-refractivity contribution in [1.82, 2.24) is 20.1 Å². The predicted molar refractivity (Wildman–Crippen MR) is 83.9 cm³/mol. The molecule has 1 aromatic carbocycles. The van der Waals surface area contributed by atoms with Crippen molar-refractivity contribution in [2.45, 2.75) is 26.8 Å². The van der Waals surface area contributed by atoms with E-state index < -0.39 is 5.82 Å². The minimum atomic E-state index is -0.535. The van der Waals surface area contributed by atoms with E-state index in [0.29, 0.717) is 19.1 Å². The number of rotatable bonds is 7. The van der Waals surface area contributed by atoms with Crippen LogP contribution in [0.2, 0.25) is 0 Å². The highest BCUT2D eigenvalue weighted by Crippen LogP contribution is 2.14. The van der Waals surface area contributed by atoms with Gasteiger partial charge in [-0.05, 0) is 31.0 Å². The number of aromatic nitrogens is 3. The summed E-state index contributed by atoms with van der Waals surface area (Å²) in [6.07, 6.45) is 2.71. The van der Waals surface area contributed by atoms with E-state index in [2.05, 4.69) is 29.2 Å². The molecule has 1 unspecified atom stereocenters. The molecule has 0 aliphatic carbocycles. The zero-order chi connectivity index (χ0) is 16.8. The molecule has 2 rings (SSSR count). The van der Waals surface area contributed by atoms with Crippen molar-refractivity contribution in [1.29, 1.82) is 0 Å². The molecule has 1 N–H and O–H groups in total. The molecule has 0 aliphatic heterocycles. The Balaban J connectivity index is 1.96. The van der Waals surface area contributed by atoms with Gasteiger partial charge in [0.1, 0.15) is 24.2 Å². The Hall–Kier alpha value is -2.28. The molecular weight excluding hydrogens is 299 g/mol. The Morgan fingerprint density at radius 1 is 1.35 bits per heavy atom. The highest BCUT2D eigenvalue weighted by atomic mass is 19.1. The van der Waals surface area contributed by atoms with Crippen molar-refractivity contribution in [2.24, 2.45) is 5.92 Å². The van der Waals surface area contributed by atoms with E-state index in [1.807, 2.05) is 6.92 Å². The Labute approximate surface area is 134 Å². The van der Waals surface area contributed by atoms with Gasteiger partial charge in [-0.15, -0.1) is 0 Å². The molecule has 0 saturated carbocycles. The fraction of sp³-hybridized carbons (Fsp3) is 0.438. The normalized spacial score (nSPS) is 12.4. The fourth-order valence-electron chi connectivity index (χ4n) is 2.00. The van der Waals surface area contributed by atoms with Crippen LogP contribution in [0, 0.1) is 11.7 Å². The molecule has 7 heteroatoms. The molecule has 1 amide bonds. The van der Waals surface area contributed by atoms with E-state index in [0.717, 1.165) is 0 Å². The second kappa shape index (κ2) is 7.82. The number of amides is 1. The van der Waals surface area contributed by atoms with E-state index in [9.17, 15) is 9.18 Å². The van der Waals surface area contributed by atoms with E-state index in [1.165, 1.54) is 29.5 Å². The molecular formula is C16H21FN4O2. The van der Waals surface area contributed by atoms with Crippen LogP contribution in [0.15, 0.2) is 30.9 Å². The molecule has 0 saturated heterocycles. The molecule has 6 nitrogen and oxygen atoms in total. The molecule has 0 fully saturated rings. The van der Waals surface area contributed by atoms with Crippen LogP contribution in [0.5, 0.6) is 0 Å². The minimum absolute atomic E-state index is 0.153. The summed E-state index contributed by atoms with van der Waals surface area (Å²) >= 11 is 0. The number of carbonyl (C=O) groups is 1. The number of nitrogens with one attached hydrogen (secondary N) is 1. The summed E-state index contributed by atoms with van der Waals surface area (Å²) in [4.78, 5) is 15.9. The summed E-state index contributed by atoms with van der Waals surface area (Å²) in [5.41, 5.74) is 0.495. The van der Waals surface area contributed by atoms with Gasteiger partial charge in [-0.3, -0.25) is 4.79 Å². The van der Waals surface area contributed by atoms with Crippen LogP contribution < -0.4 is 5.32 Å². The molecule has 1 heterocycles. The van der Waals surface area contributed by atoms with E-state index in [-0.39, 0.29) is 23.2 Å². The van der Waals surface area contributed by atoms with Gasteiger partial charge >= 0.3 is 0 Å². The van der Waals surface area contributed by atoms with Crippen molar-refractivity contribution in [3.63, 3.8) is 0 Å². The van der Waals surface area contributed by atoms with Crippen LogP contribution in [0.25, 0.3) is 5.69 Å². The molecule has 1 atom stereocenters. The zero-order valence-corrected chi connectivity index (χ0v) is 13.5. The lowest BCUT2D eigenvalue weighted by atomic mass is 10.1. The van der Waals surface area contributed by atoms with Gasteiger partial charge in [0.2, 0.25) is 0 Å². The number of hydrogen-bond acceptors (Lipinski definition) is 4. The number of hydrogen-bond donors (Lipinski definition) is 1. The lowest BCUT2D eigenvalue weighted by Crippen LogP contribution is -2.36. The van der Waals surface area contributed by atoms with Gasteiger partial charge in [0, 0.05) is 18.2 Å². The van der Waals surface area contributed by atoms with Crippen molar-refractivity contribution in [2.75, 3.05) is 13.2 Å². The highest BCUT2D eigenvalue weighted by Gasteiger charge is 2.13. The topological polar surface area (TPSA) is 69.0 Å². The number of halogens is 1. The van der Waals surface area contributed by atoms with Gasteiger partial charge < -0.3 is 10.1 Å². The van der Waals surface area contributed by atoms with Crippen LogP contribution in [-0.2, 0) is 4.74 Å². The van der Waals surface area contributed by atoms with E-state index in [1.54, 1.807) is 6.07 Å². The average molecular weight is 320 g/mol. The van der Waals surface area contributed by atoms with E-state index >= 15 is 0 Å². The number of nitrogens with zero attached hydrogens (tertiary/aromatic N) is 3. The fourth-order valence-corrected chi connectivity index (χ4v) is 2.00. The predicted octanol–water partition coefficient (Wildman–Crippen LogP) is 2.20. The van der Waals surface area contributed by atoms with Crippen molar-refractivity contribution >= 4 is 5.91 Å². The van der Waals surface area contributed by atoms with Crippen LogP contribution in [0.4, 0.5) is 4.39 Å². The first kappa shape index (κ1) is 17.1. The van der Waals surface area contributed by atoms with Crippen molar-refractivity contribution in [3.05, 3.63) is 42.2 Å². The summed E-state index contributed by atoms with van der Waals surface area (Å²) in [7, 11) is 0. The molecule has 0 aliphatic rings. The Bertz CT molecular complexity index is 644. The SMILES string of the molecule is CC(C)COCC(C)NC(=O)c1ccc(-n2cncn2)c(F)c1. The largest absolute Gasteiger partial charge is 0.379 e. The monoisotopic (exact) mass is 320 g/mol. The lowest BCUT2D eigenvalue weighted by molar-refractivity contribution is 0.0791. The third-order valence-electron chi connectivity index (χ3n) is 3.07. The van der Waals surface area contributed by atoms with E-state index in [4.69, 9.17) is 4.74 Å². The van der Waals surface area contributed by atoms with Gasteiger partial charge in [-0.1, -0.05) is 13.8 Å². The third kappa shape index (κ3) is 4.85. The van der Waals surface area contributed by atoms with Crippen LogP contribution >= 0.6 is 0 Å². The summed E-state index contributed by atoms with van der Waals surface area (Å²) < 4.78 is 20.9. The van der Waals surface area contributed by atoms with Gasteiger partial charge in [0.05, 0.1) is 6.61 Å². The molecule has 1 aromatic heterocycles. The summed E-state index contributed by atoms with van der Waals surface area (Å²) in [5.74, 6) is -0.433. The summed E-state index contributed by atoms with van der Waals surface area (Å²) in [6, 6.07) is 4.09. The lowest BCUT2D eigenvalue weighted by Gasteiger charge is -2.15. The Morgan fingerprint density at radius 3 is 2.74 bits per heavy atom. The highest BCUT2D eigenvalue weighted by molar-refractivity contribution is 5.94. The Morgan fingerprint density at radius 2 is 2.13 bits per heavy atom. The maximum atomic E-state index is 14.1. The van der Waals surface area contributed by atoms with Gasteiger partial charge in [-0.2, -0.15) is 5.10 Å². The Kier molecular flexibility index (Phi) is 5.81. The maximum absolute atomic E-state index is 14.1. The molecule has 0 spiro atoms. The average Bonchev–Trinajstić information content (AvgIpc) is 3.00. The van der Waals surface area contributed by atoms with Gasteiger partial charge in [0.25, 0.3) is 5.91 Å². The first-order valence-electron chi connectivity index (χ1n) is 7.50. The standard InChI is InChI=1S/C16H21FN4O2/c1-11(2)7-23-8-12(3)20-16(22)13-4-5-15(14(17)6-13)21-10-18-9-19-21/h4-6,9-12H,7-8H2,1-3H3,(H,20,22). The maximum Gasteiger partial charge on any atom is 0.251 e. The summed E-state index contributed by atoms with van der Waals surface area (Å²) in [5, 5.41) is 6.65. The molecule has 23 heavy (non-hydrogen) atoms. The van der Waals surface area contributed by atoms with Crippen molar-refractivity contribution < 1.29 is 13.9 Å². The second-order valence-corrected chi connectivity index (χ2v) is 5.81. The zero-order valence-electron chi connectivity index (χ0n) is 13.5. The smallest absolute Gasteiger partial charge is 0.251 e. The first-order chi connectivity index (χ1) is 11.0. The van der Waals surface area contributed by atoms with Crippen LogP contribution in [0.3, 0.4) is 0 Å². The summed E-state index contributed by atoms with van der Waals surface area (Å²) in [6.45, 7) is 7.02. The molecule has 2 aromatic rings. The van der Waals surface area contributed by atoms with Crippen molar-refractivity contribution in [3.8, 4) is 5.69 Å². The van der Waals surface area contributed by atoms with Crippen LogP contribution in [0.1, 0.15) is 31.1 Å². The molecule has 124 valence electrons.